The van der Waals surface area contributed by atoms with Crippen molar-refractivity contribution in [2.45, 2.75) is 45.1 Å². The van der Waals surface area contributed by atoms with Crippen molar-refractivity contribution in [2.75, 3.05) is 0 Å². The van der Waals surface area contributed by atoms with Crippen LogP contribution in [0.15, 0.2) is 22.7 Å². The average molecular weight is 329 g/mol. The van der Waals surface area contributed by atoms with E-state index in [-0.39, 0.29) is 11.9 Å². The first kappa shape index (κ1) is 14.9. The number of halogens is 2. The summed E-state index contributed by atoms with van der Waals surface area (Å²) in [6.45, 7) is 2.22. The molecule has 19 heavy (non-hydrogen) atoms. The predicted molar refractivity (Wildman–Crippen MR) is 79.9 cm³/mol. The van der Waals surface area contributed by atoms with Gasteiger partial charge in [-0.25, -0.2) is 4.39 Å². The number of hydrogen-bond acceptors (Lipinski definition) is 2. The van der Waals surface area contributed by atoms with E-state index in [0.29, 0.717) is 17.4 Å². The number of hydrazine groups is 1. The van der Waals surface area contributed by atoms with Crippen LogP contribution in [0.4, 0.5) is 4.39 Å². The number of nitrogens with one attached hydrogen (secondary N) is 1. The third-order valence-corrected chi connectivity index (χ3v) is 4.89. The molecule has 106 valence electrons. The fourth-order valence-corrected chi connectivity index (χ4v) is 3.76. The van der Waals surface area contributed by atoms with Crippen LogP contribution in [0.3, 0.4) is 0 Å². The average Bonchev–Trinajstić information content (AvgIpc) is 2.44. The molecule has 1 aromatic rings. The van der Waals surface area contributed by atoms with Gasteiger partial charge in [0.25, 0.3) is 0 Å². The molecule has 3 unspecified atom stereocenters. The summed E-state index contributed by atoms with van der Waals surface area (Å²) in [6, 6.07) is 4.99. The molecule has 0 bridgehead atoms. The molecule has 2 rings (SSSR count). The Morgan fingerprint density at radius 2 is 2.16 bits per heavy atom. The van der Waals surface area contributed by atoms with Crippen molar-refractivity contribution in [3.8, 4) is 0 Å². The van der Waals surface area contributed by atoms with E-state index in [2.05, 4.69) is 28.3 Å². The summed E-state index contributed by atoms with van der Waals surface area (Å²) in [5.74, 6) is 6.62. The molecule has 1 saturated carbocycles. The zero-order valence-electron chi connectivity index (χ0n) is 11.3. The van der Waals surface area contributed by atoms with Gasteiger partial charge in [-0.2, -0.15) is 0 Å². The van der Waals surface area contributed by atoms with Crippen molar-refractivity contribution < 1.29 is 4.39 Å². The lowest BCUT2D eigenvalue weighted by atomic mass is 9.72. The van der Waals surface area contributed by atoms with Gasteiger partial charge in [0, 0.05) is 10.0 Å². The number of benzene rings is 1. The molecular weight excluding hydrogens is 307 g/mol. The fraction of sp³-hybridized carbons (Fsp3) is 0.600. The Hall–Kier alpha value is -0.450. The predicted octanol–water partition coefficient (Wildman–Crippen LogP) is 4.31. The Morgan fingerprint density at radius 3 is 2.84 bits per heavy atom. The molecule has 0 saturated heterocycles. The van der Waals surface area contributed by atoms with Gasteiger partial charge >= 0.3 is 0 Å². The lowest BCUT2D eigenvalue weighted by Gasteiger charge is -2.37. The number of rotatable bonds is 4. The summed E-state index contributed by atoms with van der Waals surface area (Å²) in [5.41, 5.74) is 3.54. The van der Waals surface area contributed by atoms with Crippen molar-refractivity contribution >= 4 is 15.9 Å². The van der Waals surface area contributed by atoms with Gasteiger partial charge in [0.15, 0.2) is 0 Å². The third-order valence-electron chi connectivity index (χ3n) is 4.39. The fourth-order valence-electron chi connectivity index (χ4n) is 3.38. The van der Waals surface area contributed by atoms with Crippen molar-refractivity contribution in [1.29, 1.82) is 0 Å². The molecule has 0 amide bonds. The zero-order chi connectivity index (χ0) is 13.8. The number of hydrogen-bond donors (Lipinski definition) is 2. The minimum Gasteiger partial charge on any atom is -0.271 e. The Morgan fingerprint density at radius 1 is 1.42 bits per heavy atom. The van der Waals surface area contributed by atoms with E-state index in [9.17, 15) is 4.39 Å². The van der Waals surface area contributed by atoms with Gasteiger partial charge in [0.2, 0.25) is 0 Å². The van der Waals surface area contributed by atoms with Gasteiger partial charge in [-0.15, -0.1) is 0 Å². The molecule has 0 heterocycles. The van der Waals surface area contributed by atoms with Crippen LogP contribution in [0.2, 0.25) is 0 Å². The van der Waals surface area contributed by atoms with E-state index >= 15 is 0 Å². The van der Waals surface area contributed by atoms with Crippen molar-refractivity contribution in [1.82, 2.24) is 5.43 Å². The van der Waals surface area contributed by atoms with Gasteiger partial charge in [-0.1, -0.05) is 48.5 Å². The highest BCUT2D eigenvalue weighted by atomic mass is 79.9. The third kappa shape index (κ3) is 3.36. The second kappa shape index (κ2) is 6.82. The van der Waals surface area contributed by atoms with Crippen LogP contribution in [0.1, 0.15) is 50.6 Å². The van der Waals surface area contributed by atoms with E-state index in [1.165, 1.54) is 25.3 Å². The highest BCUT2D eigenvalue weighted by Gasteiger charge is 2.32. The highest BCUT2D eigenvalue weighted by molar-refractivity contribution is 9.10. The first-order valence-corrected chi connectivity index (χ1v) is 7.87. The molecule has 0 spiro atoms. The summed E-state index contributed by atoms with van der Waals surface area (Å²) in [4.78, 5) is 0. The molecule has 1 fully saturated rings. The molecule has 0 aromatic heterocycles. The minimum atomic E-state index is -0.174. The largest absolute Gasteiger partial charge is 0.271 e. The van der Waals surface area contributed by atoms with Crippen LogP contribution >= 0.6 is 15.9 Å². The van der Waals surface area contributed by atoms with Crippen LogP contribution < -0.4 is 11.3 Å². The Balaban J connectivity index is 2.29. The van der Waals surface area contributed by atoms with E-state index in [4.69, 9.17) is 5.84 Å². The molecular formula is C15H22BrFN2. The van der Waals surface area contributed by atoms with Gasteiger partial charge in [0.05, 0.1) is 6.04 Å². The van der Waals surface area contributed by atoms with Gasteiger partial charge in [0.1, 0.15) is 5.82 Å². The van der Waals surface area contributed by atoms with E-state index in [0.717, 1.165) is 17.3 Å². The summed E-state index contributed by atoms with van der Waals surface area (Å²) >= 11 is 3.41. The molecule has 0 radical (unpaired) electrons. The SMILES string of the molecule is CCC1CCCCC1C(NN)c1cc(Br)ccc1F. The van der Waals surface area contributed by atoms with Crippen LogP contribution in [0.25, 0.3) is 0 Å². The molecule has 1 aliphatic rings. The molecule has 2 nitrogen and oxygen atoms in total. The molecule has 3 atom stereocenters. The number of nitrogens with two attached hydrogens (primary N) is 1. The summed E-state index contributed by atoms with van der Waals surface area (Å²) in [7, 11) is 0. The molecule has 1 aliphatic carbocycles. The summed E-state index contributed by atoms with van der Waals surface area (Å²) in [6.07, 6.45) is 6.00. The van der Waals surface area contributed by atoms with Crippen LogP contribution in [-0.2, 0) is 0 Å². The monoisotopic (exact) mass is 328 g/mol. The molecule has 0 aliphatic heterocycles. The van der Waals surface area contributed by atoms with Gasteiger partial charge in [-0.05, 0) is 36.5 Å². The van der Waals surface area contributed by atoms with E-state index in [1.807, 2.05) is 6.07 Å². The Kier molecular flexibility index (Phi) is 5.37. The molecule has 4 heteroatoms. The summed E-state index contributed by atoms with van der Waals surface area (Å²) < 4.78 is 15.0. The second-order valence-electron chi connectivity index (χ2n) is 5.43. The highest BCUT2D eigenvalue weighted by Crippen LogP contribution is 2.40. The second-order valence-corrected chi connectivity index (χ2v) is 6.34. The summed E-state index contributed by atoms with van der Waals surface area (Å²) in [5, 5.41) is 0. The maximum atomic E-state index is 14.1. The first-order valence-electron chi connectivity index (χ1n) is 7.08. The van der Waals surface area contributed by atoms with Gasteiger partial charge in [-0.3, -0.25) is 11.3 Å². The van der Waals surface area contributed by atoms with Crippen LogP contribution in [0.5, 0.6) is 0 Å². The maximum absolute atomic E-state index is 14.1. The van der Waals surface area contributed by atoms with Crippen molar-refractivity contribution in [2.24, 2.45) is 17.7 Å². The topological polar surface area (TPSA) is 38.0 Å². The first-order chi connectivity index (χ1) is 9.17. The van der Waals surface area contributed by atoms with E-state index in [1.54, 1.807) is 6.07 Å². The molecule has 3 N–H and O–H groups in total. The van der Waals surface area contributed by atoms with Crippen LogP contribution in [-0.4, -0.2) is 0 Å². The lowest BCUT2D eigenvalue weighted by molar-refractivity contribution is 0.173. The zero-order valence-corrected chi connectivity index (χ0v) is 12.9. The van der Waals surface area contributed by atoms with Crippen molar-refractivity contribution in [3.05, 3.63) is 34.1 Å². The lowest BCUT2D eigenvalue weighted by Crippen LogP contribution is -2.38. The Labute approximate surface area is 123 Å². The standard InChI is InChI=1S/C15H22BrFN2/c1-2-10-5-3-4-6-12(10)15(19-18)13-9-11(16)7-8-14(13)17/h7-10,12,15,19H,2-6,18H2,1H3. The van der Waals surface area contributed by atoms with Crippen LogP contribution in [0, 0.1) is 17.7 Å². The molecule has 1 aromatic carbocycles. The van der Waals surface area contributed by atoms with E-state index < -0.39 is 0 Å². The normalized spacial score (nSPS) is 25.3. The minimum absolute atomic E-state index is 0.0947. The quantitative estimate of drug-likeness (QED) is 0.638. The van der Waals surface area contributed by atoms with Gasteiger partial charge < -0.3 is 0 Å². The maximum Gasteiger partial charge on any atom is 0.128 e. The van der Waals surface area contributed by atoms with Crippen molar-refractivity contribution in [3.63, 3.8) is 0 Å². The smallest absolute Gasteiger partial charge is 0.128 e. The Bertz CT molecular complexity index is 425.